The van der Waals surface area contributed by atoms with E-state index < -0.39 is 10.1 Å². The summed E-state index contributed by atoms with van der Waals surface area (Å²) in [5, 5.41) is 0.739. The normalized spacial score (nSPS) is 13.6. The summed E-state index contributed by atoms with van der Waals surface area (Å²) in [4.78, 5) is 0. The van der Waals surface area contributed by atoms with Gasteiger partial charge in [-0.15, -0.1) is 0 Å². The van der Waals surface area contributed by atoms with Gasteiger partial charge in [-0.3, -0.25) is 4.55 Å². The van der Waals surface area contributed by atoms with Crippen LogP contribution in [0.4, 0.5) is 0 Å². The quantitative estimate of drug-likeness (QED) is 0.422. The second-order valence-corrected chi connectivity index (χ2v) is 4.10. The van der Waals surface area contributed by atoms with E-state index in [1.807, 2.05) is 12.2 Å². The molecule has 0 aromatic carbocycles. The second kappa shape index (κ2) is 7.53. The number of hydrogen-bond acceptors (Lipinski definition) is 2. The Kier molecular flexibility index (Phi) is 7.06. The van der Waals surface area contributed by atoms with Gasteiger partial charge in [-0.2, -0.15) is 8.42 Å². The van der Waals surface area contributed by atoms with E-state index in [1.165, 1.54) is 6.08 Å². The monoisotopic (exact) mass is 216 g/mol. The van der Waals surface area contributed by atoms with E-state index in [0.717, 1.165) is 24.7 Å². The highest BCUT2D eigenvalue weighted by atomic mass is 32.2. The molecule has 0 spiro atoms. The van der Waals surface area contributed by atoms with Crippen LogP contribution >= 0.6 is 0 Å². The van der Waals surface area contributed by atoms with Gasteiger partial charge < -0.3 is 0 Å². The van der Waals surface area contributed by atoms with E-state index in [9.17, 15) is 8.42 Å². The minimum Gasteiger partial charge on any atom is -0.282 e. The Bertz CT molecular complexity index is 310. The minimum atomic E-state index is -3.98. The molecular formula is C10H16O3S. The van der Waals surface area contributed by atoms with Crippen LogP contribution in [0.3, 0.4) is 0 Å². The van der Waals surface area contributed by atoms with Crippen molar-refractivity contribution in [1.29, 1.82) is 0 Å². The van der Waals surface area contributed by atoms with Crippen molar-refractivity contribution in [3.05, 3.63) is 35.8 Å². The Morgan fingerprint density at radius 3 is 2.36 bits per heavy atom. The van der Waals surface area contributed by atoms with Crippen LogP contribution in [0.1, 0.15) is 26.2 Å². The number of rotatable bonds is 6. The van der Waals surface area contributed by atoms with E-state index in [1.54, 1.807) is 12.2 Å². The molecule has 0 aliphatic carbocycles. The van der Waals surface area contributed by atoms with Gasteiger partial charge in [0.1, 0.15) is 0 Å². The van der Waals surface area contributed by atoms with Crippen LogP contribution in [0.15, 0.2) is 35.8 Å². The van der Waals surface area contributed by atoms with Gasteiger partial charge >= 0.3 is 0 Å². The molecule has 80 valence electrons. The summed E-state index contributed by atoms with van der Waals surface area (Å²) in [5.41, 5.74) is 0. The molecule has 0 rings (SSSR count). The topological polar surface area (TPSA) is 54.4 Å². The maximum atomic E-state index is 10.2. The first kappa shape index (κ1) is 13.1. The fourth-order valence-corrected chi connectivity index (χ4v) is 1.06. The minimum absolute atomic E-state index is 0.739. The molecule has 14 heavy (non-hydrogen) atoms. The Morgan fingerprint density at radius 2 is 1.79 bits per heavy atom. The fourth-order valence-electron chi connectivity index (χ4n) is 0.770. The van der Waals surface area contributed by atoms with Gasteiger partial charge in [-0.25, -0.2) is 0 Å². The zero-order valence-corrected chi connectivity index (χ0v) is 9.07. The van der Waals surface area contributed by atoms with Crippen LogP contribution in [0.2, 0.25) is 0 Å². The van der Waals surface area contributed by atoms with Gasteiger partial charge in [0.15, 0.2) is 0 Å². The van der Waals surface area contributed by atoms with Crippen LogP contribution in [0.25, 0.3) is 0 Å². The van der Waals surface area contributed by atoms with E-state index in [0.29, 0.717) is 0 Å². The third-order valence-corrected chi connectivity index (χ3v) is 1.95. The SMILES string of the molecule is CCCCC=CC=CC=CS(=O)(=O)O. The van der Waals surface area contributed by atoms with Gasteiger partial charge in [0.05, 0.1) is 5.41 Å². The molecule has 0 atom stereocenters. The molecule has 0 radical (unpaired) electrons. The van der Waals surface area contributed by atoms with Crippen LogP contribution in [-0.2, 0) is 10.1 Å². The summed E-state index contributed by atoms with van der Waals surface area (Å²) in [6.45, 7) is 2.12. The molecule has 4 heteroatoms. The summed E-state index contributed by atoms with van der Waals surface area (Å²) in [7, 11) is -3.98. The molecule has 0 aromatic rings. The average molecular weight is 216 g/mol. The zero-order valence-electron chi connectivity index (χ0n) is 8.26. The number of unbranched alkanes of at least 4 members (excludes halogenated alkanes) is 2. The number of allylic oxidation sites excluding steroid dienone is 5. The molecule has 0 aromatic heterocycles. The van der Waals surface area contributed by atoms with E-state index in [4.69, 9.17) is 4.55 Å². The Hall–Kier alpha value is -0.870. The van der Waals surface area contributed by atoms with Crippen molar-refractivity contribution in [3.63, 3.8) is 0 Å². The van der Waals surface area contributed by atoms with Crippen molar-refractivity contribution in [2.75, 3.05) is 0 Å². The maximum Gasteiger partial charge on any atom is 0.287 e. The lowest BCUT2D eigenvalue weighted by Gasteiger charge is -1.85. The van der Waals surface area contributed by atoms with Gasteiger partial charge in [0, 0.05) is 0 Å². The molecule has 3 nitrogen and oxygen atoms in total. The van der Waals surface area contributed by atoms with Crippen molar-refractivity contribution in [3.8, 4) is 0 Å². The molecule has 0 saturated heterocycles. The molecule has 0 aliphatic heterocycles. The molecule has 0 amide bonds. The van der Waals surface area contributed by atoms with Gasteiger partial charge in [-0.1, -0.05) is 44.1 Å². The Balaban J connectivity index is 3.75. The summed E-state index contributed by atoms with van der Waals surface area (Å²) >= 11 is 0. The summed E-state index contributed by atoms with van der Waals surface area (Å²) in [5.74, 6) is 0. The van der Waals surface area contributed by atoms with Crippen molar-refractivity contribution in [1.82, 2.24) is 0 Å². The van der Waals surface area contributed by atoms with Gasteiger partial charge in [0.25, 0.3) is 10.1 Å². The zero-order chi connectivity index (χ0) is 10.9. The van der Waals surface area contributed by atoms with Crippen LogP contribution < -0.4 is 0 Å². The highest BCUT2D eigenvalue weighted by molar-refractivity contribution is 7.88. The summed E-state index contributed by atoms with van der Waals surface area (Å²) in [6, 6.07) is 0. The van der Waals surface area contributed by atoms with E-state index in [-0.39, 0.29) is 0 Å². The van der Waals surface area contributed by atoms with Crippen molar-refractivity contribution in [2.24, 2.45) is 0 Å². The van der Waals surface area contributed by atoms with Crippen LogP contribution in [0.5, 0.6) is 0 Å². The Morgan fingerprint density at radius 1 is 1.14 bits per heavy atom. The Labute approximate surface area is 85.6 Å². The third-order valence-electron chi connectivity index (χ3n) is 1.44. The molecule has 0 heterocycles. The van der Waals surface area contributed by atoms with Crippen molar-refractivity contribution in [2.45, 2.75) is 26.2 Å². The first-order chi connectivity index (χ1) is 6.56. The second-order valence-electron chi connectivity index (χ2n) is 2.80. The molecular weight excluding hydrogens is 200 g/mol. The number of hydrogen-bond donors (Lipinski definition) is 1. The predicted molar refractivity (Wildman–Crippen MR) is 58.5 cm³/mol. The van der Waals surface area contributed by atoms with Gasteiger partial charge in [-0.05, 0) is 12.5 Å². The highest BCUT2D eigenvalue weighted by Crippen LogP contribution is 1.95. The summed E-state index contributed by atoms with van der Waals surface area (Å²) < 4.78 is 28.8. The lowest BCUT2D eigenvalue weighted by atomic mass is 10.2. The van der Waals surface area contributed by atoms with Crippen molar-refractivity contribution < 1.29 is 13.0 Å². The lowest BCUT2D eigenvalue weighted by Crippen LogP contribution is -1.87. The molecule has 0 bridgehead atoms. The fraction of sp³-hybridized carbons (Fsp3) is 0.400. The lowest BCUT2D eigenvalue weighted by molar-refractivity contribution is 0.494. The van der Waals surface area contributed by atoms with Crippen molar-refractivity contribution >= 4 is 10.1 Å². The first-order valence-electron chi connectivity index (χ1n) is 4.53. The maximum absolute atomic E-state index is 10.2. The molecule has 0 aliphatic rings. The standard InChI is InChI=1S/C10H16O3S/c1-2-3-4-5-6-7-8-9-10-14(11,12)13/h5-10H,2-4H2,1H3,(H,11,12,13). The first-order valence-corrected chi connectivity index (χ1v) is 6.04. The van der Waals surface area contributed by atoms with Crippen LogP contribution in [-0.4, -0.2) is 13.0 Å². The molecule has 0 saturated carbocycles. The van der Waals surface area contributed by atoms with Crippen LogP contribution in [0, 0.1) is 0 Å². The third kappa shape index (κ3) is 11.1. The van der Waals surface area contributed by atoms with E-state index in [2.05, 4.69) is 6.92 Å². The molecule has 0 unspecified atom stereocenters. The predicted octanol–water partition coefficient (Wildman–Crippen LogP) is 2.69. The molecule has 1 N–H and O–H groups in total. The summed E-state index contributed by atoms with van der Waals surface area (Å²) in [6.07, 6.45) is 11.8. The highest BCUT2D eigenvalue weighted by Gasteiger charge is 1.91. The molecule has 0 fully saturated rings. The smallest absolute Gasteiger partial charge is 0.282 e. The largest absolute Gasteiger partial charge is 0.287 e. The van der Waals surface area contributed by atoms with Gasteiger partial charge in [0.2, 0.25) is 0 Å². The van der Waals surface area contributed by atoms with E-state index >= 15 is 0 Å². The average Bonchev–Trinajstić information content (AvgIpc) is 2.08.